The van der Waals surface area contributed by atoms with Gasteiger partial charge in [-0.3, -0.25) is 19.8 Å². The number of carbonyl (C=O) groups is 3. The Morgan fingerprint density at radius 2 is 1.64 bits per heavy atom. The first-order valence-electron chi connectivity index (χ1n) is 12.8. The predicted octanol–water partition coefficient (Wildman–Crippen LogP) is 3.36. The molecular weight excluding hydrogens is 502 g/mol. The van der Waals surface area contributed by atoms with Crippen molar-refractivity contribution in [1.29, 1.82) is 5.41 Å². The number of ether oxygens (including phenoxy) is 4. The van der Waals surface area contributed by atoms with Gasteiger partial charge >= 0.3 is 11.9 Å². The summed E-state index contributed by atoms with van der Waals surface area (Å²) in [4.78, 5) is 38.9. The molecule has 2 aromatic carbocycles. The second-order valence-electron chi connectivity index (χ2n) is 10.5. The van der Waals surface area contributed by atoms with Crippen molar-refractivity contribution in [2.24, 2.45) is 17.1 Å². The van der Waals surface area contributed by atoms with Gasteiger partial charge in [-0.15, -0.1) is 0 Å². The zero-order valence-electron chi connectivity index (χ0n) is 22.9. The fraction of sp³-hybridized carbons (Fsp3) is 0.448. The molecule has 1 amide bonds. The molecule has 1 fully saturated rings. The van der Waals surface area contributed by atoms with Crippen LogP contribution in [0.25, 0.3) is 11.1 Å². The molecular formula is C29H37N3O7. The van der Waals surface area contributed by atoms with Crippen LogP contribution in [0.1, 0.15) is 39.2 Å². The van der Waals surface area contributed by atoms with E-state index in [1.807, 2.05) is 36.4 Å². The minimum atomic E-state index is -0.703. The number of rotatable bonds is 12. The van der Waals surface area contributed by atoms with Gasteiger partial charge in [-0.05, 0) is 50.5 Å². The molecule has 0 spiro atoms. The Bertz CT molecular complexity index is 1160. The second-order valence-corrected chi connectivity index (χ2v) is 10.5. The van der Waals surface area contributed by atoms with Gasteiger partial charge in [0.2, 0.25) is 12.7 Å². The number of nitrogens with two attached hydrogens (primary N) is 1. The summed E-state index contributed by atoms with van der Waals surface area (Å²) in [6, 6.07) is 14.8. The standard InChI is InChI=1S/C29H37N3O7/c1-29(2,3)28(35)39-18-38-25(33)16-22-15-23(32(27(22)34)13-14-36-4)17-37-24-11-9-20(10-12-24)19-5-7-21(8-6-19)26(30)31/h5-12,22-23H,13-18H2,1-4H3,(H3,30,31)/t22-,23-/m0/s1. The SMILES string of the molecule is COCCN1C(=O)[C@H](CC(=O)OCOC(=O)C(C)(C)C)C[C@H]1COc1ccc(-c2ccc(C(=N)N)cc2)cc1. The summed E-state index contributed by atoms with van der Waals surface area (Å²) in [5.41, 5.74) is 7.46. The molecule has 3 rings (SSSR count). The third-order valence-electron chi connectivity index (χ3n) is 6.43. The summed E-state index contributed by atoms with van der Waals surface area (Å²) in [6.45, 7) is 5.63. The van der Waals surface area contributed by atoms with Gasteiger partial charge in [-0.25, -0.2) is 0 Å². The number of hydrogen-bond donors (Lipinski definition) is 2. The normalized spacial score (nSPS) is 17.1. The van der Waals surface area contributed by atoms with E-state index >= 15 is 0 Å². The molecule has 0 bridgehead atoms. The number of likely N-dealkylation sites (tertiary alicyclic amines) is 1. The van der Waals surface area contributed by atoms with Crippen LogP contribution in [0.4, 0.5) is 0 Å². The number of nitrogens with zero attached hydrogens (tertiary/aromatic N) is 1. The number of amidine groups is 1. The van der Waals surface area contributed by atoms with Crippen molar-refractivity contribution in [2.75, 3.05) is 33.7 Å². The molecule has 210 valence electrons. The zero-order valence-corrected chi connectivity index (χ0v) is 22.9. The Labute approximate surface area is 228 Å². The van der Waals surface area contributed by atoms with Crippen LogP contribution in [0.5, 0.6) is 5.75 Å². The van der Waals surface area contributed by atoms with Crippen LogP contribution in [-0.4, -0.2) is 68.3 Å². The zero-order chi connectivity index (χ0) is 28.6. The van der Waals surface area contributed by atoms with E-state index in [1.165, 1.54) is 0 Å². The molecule has 1 heterocycles. The number of hydrogen-bond acceptors (Lipinski definition) is 8. The summed E-state index contributed by atoms with van der Waals surface area (Å²) in [5, 5.41) is 7.52. The second kappa shape index (κ2) is 13.2. The minimum absolute atomic E-state index is 0.0240. The molecule has 0 radical (unpaired) electrons. The van der Waals surface area contributed by atoms with Crippen LogP contribution >= 0.6 is 0 Å². The maximum Gasteiger partial charge on any atom is 0.314 e. The van der Waals surface area contributed by atoms with E-state index in [0.29, 0.717) is 30.9 Å². The molecule has 1 aliphatic heterocycles. The lowest BCUT2D eigenvalue weighted by atomic mass is 9.98. The molecule has 39 heavy (non-hydrogen) atoms. The monoisotopic (exact) mass is 539 g/mol. The molecule has 2 atom stereocenters. The number of methoxy groups -OCH3 is 1. The van der Waals surface area contributed by atoms with Crippen molar-refractivity contribution >= 4 is 23.7 Å². The first-order chi connectivity index (χ1) is 18.5. The molecule has 10 nitrogen and oxygen atoms in total. The van der Waals surface area contributed by atoms with E-state index in [9.17, 15) is 14.4 Å². The van der Waals surface area contributed by atoms with E-state index in [2.05, 4.69) is 0 Å². The highest BCUT2D eigenvalue weighted by molar-refractivity contribution is 5.95. The molecule has 1 saturated heterocycles. The lowest BCUT2D eigenvalue weighted by Gasteiger charge is -2.24. The van der Waals surface area contributed by atoms with E-state index in [1.54, 1.807) is 44.9 Å². The van der Waals surface area contributed by atoms with Gasteiger partial charge in [-0.1, -0.05) is 36.4 Å². The van der Waals surface area contributed by atoms with Crippen LogP contribution in [0, 0.1) is 16.7 Å². The van der Waals surface area contributed by atoms with Crippen LogP contribution in [0.3, 0.4) is 0 Å². The van der Waals surface area contributed by atoms with E-state index in [0.717, 1.165) is 11.1 Å². The fourth-order valence-corrected chi connectivity index (χ4v) is 4.19. The maximum atomic E-state index is 13.1. The Morgan fingerprint density at radius 3 is 2.21 bits per heavy atom. The molecule has 10 heteroatoms. The number of benzene rings is 2. The first kappa shape index (κ1) is 29.6. The Hall–Kier alpha value is -3.92. The summed E-state index contributed by atoms with van der Waals surface area (Å²) < 4.78 is 21.2. The number of nitrogens with one attached hydrogen (secondary N) is 1. The molecule has 2 aromatic rings. The Morgan fingerprint density at radius 1 is 1.03 bits per heavy atom. The third-order valence-corrected chi connectivity index (χ3v) is 6.43. The van der Waals surface area contributed by atoms with E-state index in [-0.39, 0.29) is 30.8 Å². The van der Waals surface area contributed by atoms with Crippen LogP contribution < -0.4 is 10.5 Å². The van der Waals surface area contributed by atoms with Crippen LogP contribution in [0.15, 0.2) is 48.5 Å². The quantitative estimate of drug-likeness (QED) is 0.181. The fourth-order valence-electron chi connectivity index (χ4n) is 4.19. The molecule has 0 aliphatic carbocycles. The van der Waals surface area contributed by atoms with Gasteiger partial charge in [0.15, 0.2) is 0 Å². The van der Waals surface area contributed by atoms with Gasteiger partial charge in [-0.2, -0.15) is 0 Å². The minimum Gasteiger partial charge on any atom is -0.491 e. The first-order valence-corrected chi connectivity index (χ1v) is 12.8. The lowest BCUT2D eigenvalue weighted by molar-refractivity contribution is -0.174. The Balaban J connectivity index is 1.56. The van der Waals surface area contributed by atoms with Crippen molar-refractivity contribution in [3.05, 3.63) is 54.1 Å². The van der Waals surface area contributed by atoms with Crippen molar-refractivity contribution in [3.63, 3.8) is 0 Å². The van der Waals surface area contributed by atoms with Crippen LogP contribution in [-0.2, 0) is 28.6 Å². The topological polar surface area (TPSA) is 141 Å². The largest absolute Gasteiger partial charge is 0.491 e. The molecule has 3 N–H and O–H groups in total. The highest BCUT2D eigenvalue weighted by atomic mass is 16.7. The number of nitrogen functional groups attached to an aromatic ring is 1. The van der Waals surface area contributed by atoms with Gasteiger partial charge in [0.25, 0.3) is 0 Å². The van der Waals surface area contributed by atoms with E-state index in [4.69, 9.17) is 30.1 Å². The third kappa shape index (κ3) is 8.28. The smallest absolute Gasteiger partial charge is 0.314 e. The summed E-state index contributed by atoms with van der Waals surface area (Å²) >= 11 is 0. The van der Waals surface area contributed by atoms with Gasteiger partial charge in [0, 0.05) is 19.2 Å². The van der Waals surface area contributed by atoms with Crippen LogP contribution in [0.2, 0.25) is 0 Å². The highest BCUT2D eigenvalue weighted by Gasteiger charge is 2.40. The molecule has 1 aliphatic rings. The van der Waals surface area contributed by atoms with Crippen molar-refractivity contribution in [3.8, 4) is 16.9 Å². The van der Waals surface area contributed by atoms with E-state index < -0.39 is 30.1 Å². The molecule has 0 unspecified atom stereocenters. The number of carbonyl (C=O) groups excluding carboxylic acids is 3. The van der Waals surface area contributed by atoms with Crippen molar-refractivity contribution in [1.82, 2.24) is 4.90 Å². The Kier molecular flexibility index (Phi) is 10.1. The summed E-state index contributed by atoms with van der Waals surface area (Å²) in [5.74, 6) is -1.11. The highest BCUT2D eigenvalue weighted by Crippen LogP contribution is 2.29. The van der Waals surface area contributed by atoms with Gasteiger partial charge < -0.3 is 29.6 Å². The molecule has 0 aromatic heterocycles. The van der Waals surface area contributed by atoms with Gasteiger partial charge in [0.1, 0.15) is 18.2 Å². The summed E-state index contributed by atoms with van der Waals surface area (Å²) in [7, 11) is 1.56. The average Bonchev–Trinajstić information content (AvgIpc) is 3.19. The lowest BCUT2D eigenvalue weighted by Crippen LogP contribution is -2.39. The predicted molar refractivity (Wildman–Crippen MR) is 145 cm³/mol. The molecule has 0 saturated carbocycles. The number of esters is 2. The van der Waals surface area contributed by atoms with Gasteiger partial charge in [0.05, 0.1) is 30.4 Å². The maximum absolute atomic E-state index is 13.1. The number of amides is 1. The summed E-state index contributed by atoms with van der Waals surface area (Å²) in [6.07, 6.45) is 0.322. The average molecular weight is 540 g/mol. The van der Waals surface area contributed by atoms with Crippen molar-refractivity contribution < 1.29 is 33.3 Å². The van der Waals surface area contributed by atoms with Crippen molar-refractivity contribution in [2.45, 2.75) is 39.7 Å².